The molecule has 0 radical (unpaired) electrons. The zero-order chi connectivity index (χ0) is 18.1. The van der Waals surface area contributed by atoms with E-state index in [1.54, 1.807) is 25.1 Å². The quantitative estimate of drug-likeness (QED) is 0.693. The van der Waals surface area contributed by atoms with Gasteiger partial charge < -0.3 is 9.84 Å². The van der Waals surface area contributed by atoms with Crippen molar-refractivity contribution in [3.05, 3.63) is 47.0 Å². The Labute approximate surface area is 154 Å². The van der Waals surface area contributed by atoms with Crippen LogP contribution in [0.25, 0.3) is 10.9 Å². The van der Waals surface area contributed by atoms with Gasteiger partial charge in [0, 0.05) is 11.5 Å². The van der Waals surface area contributed by atoms with Gasteiger partial charge in [-0.15, -0.1) is 0 Å². The fourth-order valence-corrected chi connectivity index (χ4v) is 4.22. The maximum absolute atomic E-state index is 13.7. The van der Waals surface area contributed by atoms with Crippen molar-refractivity contribution < 1.29 is 13.7 Å². The number of carbonyl (C=O) groups excluding carboxylic acids is 1. The van der Waals surface area contributed by atoms with Crippen LogP contribution in [0, 0.1) is 12.7 Å². The van der Waals surface area contributed by atoms with Crippen LogP contribution in [0.1, 0.15) is 29.7 Å². The number of hydrogen-bond acceptors (Lipinski definition) is 5. The molecule has 0 bridgehead atoms. The Morgan fingerprint density at radius 1 is 1.27 bits per heavy atom. The van der Waals surface area contributed by atoms with Crippen LogP contribution in [0.2, 0.25) is 0 Å². The van der Waals surface area contributed by atoms with Gasteiger partial charge in [-0.3, -0.25) is 4.79 Å². The molecule has 0 aliphatic heterocycles. The number of nitrogens with zero attached hydrogens (tertiary/aromatic N) is 2. The number of hydrogen-bond donors (Lipinski definition) is 1. The van der Waals surface area contributed by atoms with E-state index in [4.69, 9.17) is 9.51 Å². The van der Waals surface area contributed by atoms with E-state index in [1.807, 2.05) is 0 Å². The first-order valence-electron chi connectivity index (χ1n) is 8.57. The molecule has 0 unspecified atom stereocenters. The second-order valence-electron chi connectivity index (χ2n) is 6.40. The molecule has 1 amide bonds. The lowest BCUT2D eigenvalue weighted by atomic mass is 9.90. The molecule has 0 fully saturated rings. The summed E-state index contributed by atoms with van der Waals surface area (Å²) in [5.41, 5.74) is 3.11. The fraction of sp³-hybridized carbons (Fsp3) is 0.316. The fourth-order valence-electron chi connectivity index (χ4n) is 3.32. The van der Waals surface area contributed by atoms with Gasteiger partial charge in [-0.2, -0.15) is 0 Å². The van der Waals surface area contributed by atoms with Crippen molar-refractivity contribution in [2.24, 2.45) is 0 Å². The Morgan fingerprint density at radius 2 is 2.08 bits per heavy atom. The molecule has 0 saturated carbocycles. The lowest BCUT2D eigenvalue weighted by Gasteiger charge is -2.20. The molecule has 2 aromatic heterocycles. The number of thioether (sulfide) groups is 1. The number of halogens is 1. The minimum absolute atomic E-state index is 0.158. The van der Waals surface area contributed by atoms with Gasteiger partial charge in [0.05, 0.1) is 11.3 Å². The van der Waals surface area contributed by atoms with Crippen molar-refractivity contribution in [3.63, 3.8) is 0 Å². The monoisotopic (exact) mass is 371 g/mol. The molecular formula is C19H18FN3O2S. The predicted molar refractivity (Wildman–Crippen MR) is 98.9 cm³/mol. The number of nitrogens with one attached hydrogen (secondary N) is 1. The largest absolute Gasteiger partial charge is 0.360 e. The minimum atomic E-state index is -0.241. The molecule has 4 rings (SSSR count). The minimum Gasteiger partial charge on any atom is -0.360 e. The number of rotatable bonds is 4. The van der Waals surface area contributed by atoms with Gasteiger partial charge in [-0.05, 0) is 61.9 Å². The number of pyridine rings is 1. The normalized spacial score (nSPS) is 13.6. The number of aryl methyl sites for hydroxylation is 2. The first kappa shape index (κ1) is 17.0. The van der Waals surface area contributed by atoms with E-state index in [-0.39, 0.29) is 17.5 Å². The van der Waals surface area contributed by atoms with Gasteiger partial charge in [-0.1, -0.05) is 16.9 Å². The highest BCUT2D eigenvalue weighted by Gasteiger charge is 2.20. The van der Waals surface area contributed by atoms with Crippen LogP contribution in [0.15, 0.2) is 33.8 Å². The first-order valence-corrected chi connectivity index (χ1v) is 9.56. The molecule has 7 heteroatoms. The summed E-state index contributed by atoms with van der Waals surface area (Å²) in [7, 11) is 0. The van der Waals surface area contributed by atoms with Gasteiger partial charge in [0.15, 0.2) is 5.82 Å². The Kier molecular flexibility index (Phi) is 4.63. The van der Waals surface area contributed by atoms with E-state index < -0.39 is 0 Å². The smallest absolute Gasteiger partial charge is 0.236 e. The molecule has 0 atom stereocenters. The lowest BCUT2D eigenvalue weighted by molar-refractivity contribution is -0.113. The standard InChI is InChI=1S/C19H18FN3O2S/c1-11-8-17(23-25-11)22-18(24)10-26-19-14-5-3-2-4-13(14)15-9-12(20)6-7-16(15)21-19/h6-9H,2-5,10H2,1H3,(H,22,23,24). The zero-order valence-electron chi connectivity index (χ0n) is 14.3. The van der Waals surface area contributed by atoms with E-state index in [2.05, 4.69) is 10.5 Å². The third-order valence-corrected chi connectivity index (χ3v) is 5.48. The van der Waals surface area contributed by atoms with Crippen LogP contribution >= 0.6 is 11.8 Å². The van der Waals surface area contributed by atoms with Gasteiger partial charge in [0.25, 0.3) is 0 Å². The summed E-state index contributed by atoms with van der Waals surface area (Å²) in [5, 5.41) is 8.24. The summed E-state index contributed by atoms with van der Waals surface area (Å²) >= 11 is 1.41. The third kappa shape index (κ3) is 3.44. The average Bonchev–Trinajstić information content (AvgIpc) is 3.04. The van der Waals surface area contributed by atoms with E-state index in [0.29, 0.717) is 11.6 Å². The highest BCUT2D eigenvalue weighted by molar-refractivity contribution is 8.00. The molecule has 1 aliphatic carbocycles. The van der Waals surface area contributed by atoms with Gasteiger partial charge in [-0.25, -0.2) is 9.37 Å². The van der Waals surface area contributed by atoms with E-state index in [9.17, 15) is 9.18 Å². The summed E-state index contributed by atoms with van der Waals surface area (Å²) in [5.74, 6) is 0.893. The summed E-state index contributed by atoms with van der Waals surface area (Å²) in [6, 6.07) is 6.38. The molecule has 134 valence electrons. The van der Waals surface area contributed by atoms with Crippen molar-refractivity contribution >= 4 is 34.4 Å². The van der Waals surface area contributed by atoms with E-state index >= 15 is 0 Å². The first-order chi connectivity index (χ1) is 12.6. The van der Waals surface area contributed by atoms with Gasteiger partial charge >= 0.3 is 0 Å². The Balaban J connectivity index is 1.58. The maximum atomic E-state index is 13.7. The topological polar surface area (TPSA) is 68.0 Å². The Bertz CT molecular complexity index is 986. The number of fused-ring (bicyclic) bond motifs is 3. The van der Waals surface area contributed by atoms with Gasteiger partial charge in [0.1, 0.15) is 16.6 Å². The molecule has 26 heavy (non-hydrogen) atoms. The number of anilines is 1. The molecular weight excluding hydrogens is 353 g/mol. The lowest BCUT2D eigenvalue weighted by Crippen LogP contribution is -2.15. The van der Waals surface area contributed by atoms with Crippen LogP contribution < -0.4 is 5.32 Å². The summed E-state index contributed by atoms with van der Waals surface area (Å²) in [6.07, 6.45) is 4.03. The average molecular weight is 371 g/mol. The number of amides is 1. The number of aromatic nitrogens is 2. The SMILES string of the molecule is Cc1cc(NC(=O)CSc2nc3ccc(F)cc3c3c2CCCC3)no1. The highest BCUT2D eigenvalue weighted by atomic mass is 32.2. The van der Waals surface area contributed by atoms with Crippen molar-refractivity contribution in [2.75, 3.05) is 11.1 Å². The molecule has 2 heterocycles. The van der Waals surface area contributed by atoms with Crippen LogP contribution in [0.3, 0.4) is 0 Å². The van der Waals surface area contributed by atoms with Crippen LogP contribution in [0.5, 0.6) is 0 Å². The molecule has 1 aromatic carbocycles. The molecule has 0 saturated heterocycles. The molecule has 3 aromatic rings. The zero-order valence-corrected chi connectivity index (χ0v) is 15.2. The third-order valence-electron chi connectivity index (χ3n) is 4.47. The Morgan fingerprint density at radius 3 is 2.85 bits per heavy atom. The molecule has 5 nitrogen and oxygen atoms in total. The van der Waals surface area contributed by atoms with Crippen molar-refractivity contribution in [3.8, 4) is 0 Å². The highest BCUT2D eigenvalue weighted by Crippen LogP contribution is 2.34. The maximum Gasteiger partial charge on any atom is 0.236 e. The molecule has 0 spiro atoms. The van der Waals surface area contributed by atoms with Crippen LogP contribution in [-0.4, -0.2) is 21.8 Å². The second kappa shape index (κ2) is 7.07. The van der Waals surface area contributed by atoms with E-state index in [0.717, 1.165) is 47.2 Å². The van der Waals surface area contributed by atoms with Crippen molar-refractivity contribution in [2.45, 2.75) is 37.6 Å². The van der Waals surface area contributed by atoms with Crippen molar-refractivity contribution in [1.29, 1.82) is 0 Å². The second-order valence-corrected chi connectivity index (χ2v) is 7.37. The summed E-state index contributed by atoms with van der Waals surface area (Å²) in [6.45, 7) is 1.77. The van der Waals surface area contributed by atoms with Gasteiger partial charge in [0.2, 0.25) is 5.91 Å². The van der Waals surface area contributed by atoms with Crippen LogP contribution in [-0.2, 0) is 17.6 Å². The predicted octanol–water partition coefficient (Wildman–Crippen LogP) is 4.28. The number of benzene rings is 1. The summed E-state index contributed by atoms with van der Waals surface area (Å²) < 4.78 is 18.6. The summed E-state index contributed by atoms with van der Waals surface area (Å²) in [4.78, 5) is 16.9. The molecule has 1 N–H and O–H groups in total. The number of carbonyl (C=O) groups is 1. The van der Waals surface area contributed by atoms with Crippen LogP contribution in [0.4, 0.5) is 10.2 Å². The molecule has 1 aliphatic rings. The van der Waals surface area contributed by atoms with E-state index in [1.165, 1.54) is 23.4 Å². The Hall–Kier alpha value is -2.41. The van der Waals surface area contributed by atoms with Crippen molar-refractivity contribution in [1.82, 2.24) is 10.1 Å².